The molecular weight excluding hydrogens is 492 g/mol. The van der Waals surface area contributed by atoms with Crippen molar-refractivity contribution < 1.29 is 43.9 Å². The fourth-order valence-electron chi connectivity index (χ4n) is 9.59. The number of cyclic esters (lactones) is 1. The van der Waals surface area contributed by atoms with Gasteiger partial charge in [-0.3, -0.25) is 9.59 Å². The Kier molecular flexibility index (Phi) is 5.35. The first kappa shape index (κ1) is 26.2. The van der Waals surface area contributed by atoms with Crippen LogP contribution in [0.25, 0.3) is 0 Å². The summed E-state index contributed by atoms with van der Waals surface area (Å²) in [6.45, 7) is 6.84. The summed E-state index contributed by atoms with van der Waals surface area (Å²) in [5.41, 5.74) is -7.05. The molecule has 4 fully saturated rings. The maximum atomic E-state index is 13.4. The Labute approximate surface area is 222 Å². The van der Waals surface area contributed by atoms with E-state index < -0.39 is 51.2 Å². The summed E-state index contributed by atoms with van der Waals surface area (Å²) in [6.07, 6.45) is 4.49. The van der Waals surface area contributed by atoms with E-state index in [-0.39, 0.29) is 56.6 Å². The number of ketones is 1. The minimum Gasteiger partial charge on any atom is -0.467 e. The number of ether oxygens (including phenoxy) is 3. The second-order valence-corrected chi connectivity index (χ2v) is 13.1. The Morgan fingerprint density at radius 3 is 2.61 bits per heavy atom. The lowest BCUT2D eigenvalue weighted by molar-refractivity contribution is -0.296. The summed E-state index contributed by atoms with van der Waals surface area (Å²) in [5, 5.41) is 37.3. The number of carbonyl (C=O) groups excluding carboxylic acids is 3. The van der Waals surface area contributed by atoms with Gasteiger partial charge in [-0.15, -0.1) is 0 Å². The van der Waals surface area contributed by atoms with Crippen LogP contribution in [0.3, 0.4) is 0 Å². The smallest absolute Gasteiger partial charge is 0.334 e. The topological polar surface area (TPSA) is 143 Å². The van der Waals surface area contributed by atoms with Crippen molar-refractivity contribution in [1.82, 2.24) is 0 Å². The van der Waals surface area contributed by atoms with Crippen molar-refractivity contribution >= 4 is 18.2 Å². The van der Waals surface area contributed by atoms with Crippen molar-refractivity contribution in [2.24, 2.45) is 22.7 Å². The van der Waals surface area contributed by atoms with Crippen molar-refractivity contribution in [1.29, 1.82) is 0 Å². The van der Waals surface area contributed by atoms with Crippen LogP contribution in [-0.4, -0.2) is 74.8 Å². The fraction of sp³-hybridized carbons (Fsp3) is 0.759. The Bertz CT molecular complexity index is 1170. The minimum absolute atomic E-state index is 0.00630. The van der Waals surface area contributed by atoms with Gasteiger partial charge in [0.1, 0.15) is 29.5 Å². The summed E-state index contributed by atoms with van der Waals surface area (Å²) in [6, 6.07) is 0. The van der Waals surface area contributed by atoms with Gasteiger partial charge in [-0.1, -0.05) is 11.6 Å². The van der Waals surface area contributed by atoms with E-state index in [1.54, 1.807) is 19.9 Å². The molecule has 0 bridgehead atoms. The lowest BCUT2D eigenvalue weighted by Gasteiger charge is -2.63. The number of epoxide rings is 1. The maximum Gasteiger partial charge on any atom is 0.334 e. The number of allylic oxidation sites excluding steroid dienone is 1. The number of aliphatic hydroxyl groups is 3. The van der Waals surface area contributed by atoms with E-state index in [4.69, 9.17) is 14.2 Å². The molecule has 0 aromatic heterocycles. The Morgan fingerprint density at radius 1 is 1.18 bits per heavy atom. The lowest BCUT2D eigenvalue weighted by atomic mass is 9.42. The van der Waals surface area contributed by atoms with Crippen LogP contribution in [0.2, 0.25) is 0 Å². The molecule has 2 heterocycles. The molecule has 2 aliphatic heterocycles. The van der Waals surface area contributed by atoms with Gasteiger partial charge >= 0.3 is 5.97 Å². The van der Waals surface area contributed by atoms with E-state index in [1.165, 1.54) is 6.92 Å². The molecule has 9 nitrogen and oxygen atoms in total. The molecule has 0 aromatic carbocycles. The highest BCUT2D eigenvalue weighted by Gasteiger charge is 2.83. The molecule has 6 aliphatic rings. The quantitative estimate of drug-likeness (QED) is 0.276. The number of carbonyl (C=O) groups is 3. The molecule has 0 amide bonds. The van der Waals surface area contributed by atoms with Crippen molar-refractivity contribution in [2.45, 2.75) is 107 Å². The molecule has 9 heteroatoms. The standard InChI is InChI=1S/C29H38O9/c1-16-12-21(37-23(32)17(16)2)25(4,33)29(35)11-10-27(34)19-13-22-28(38-22)8-5-6-20(31)24(28,3)18(19)7-9-26(27,29)14-36-15-30/h5-6,15,18-19,21-22,33-35H,7-14H2,1-4H3/t18-,19+,21?,22+,24-,25-,26+,27+,28+,29+/m0/s1. The monoisotopic (exact) mass is 530 g/mol. The molecule has 0 radical (unpaired) electrons. The lowest BCUT2D eigenvalue weighted by Crippen LogP contribution is -2.75. The second kappa shape index (κ2) is 7.77. The Balaban J connectivity index is 1.44. The van der Waals surface area contributed by atoms with Crippen molar-refractivity contribution in [3.05, 3.63) is 23.3 Å². The number of hydrogen-bond donors (Lipinski definition) is 3. The second-order valence-electron chi connectivity index (χ2n) is 13.1. The molecule has 3 saturated carbocycles. The Morgan fingerprint density at radius 2 is 1.92 bits per heavy atom. The predicted octanol–water partition coefficient (Wildman–Crippen LogP) is 1.91. The van der Waals surface area contributed by atoms with Crippen LogP contribution in [0.4, 0.5) is 0 Å². The molecular formula is C29H38O9. The third kappa shape index (κ3) is 2.74. The van der Waals surface area contributed by atoms with Gasteiger partial charge in [-0.25, -0.2) is 4.79 Å². The largest absolute Gasteiger partial charge is 0.467 e. The van der Waals surface area contributed by atoms with Gasteiger partial charge in [0.05, 0.1) is 22.5 Å². The highest BCUT2D eigenvalue weighted by molar-refractivity contribution is 5.97. The molecule has 208 valence electrons. The summed E-state index contributed by atoms with van der Waals surface area (Å²) in [4.78, 5) is 37.4. The van der Waals surface area contributed by atoms with Crippen LogP contribution in [0.5, 0.6) is 0 Å². The summed E-state index contributed by atoms with van der Waals surface area (Å²) < 4.78 is 17.2. The molecule has 6 rings (SSSR count). The van der Waals surface area contributed by atoms with Gasteiger partial charge < -0.3 is 29.5 Å². The zero-order valence-corrected chi connectivity index (χ0v) is 22.5. The van der Waals surface area contributed by atoms with Crippen LogP contribution in [0.1, 0.15) is 72.6 Å². The van der Waals surface area contributed by atoms with Gasteiger partial charge in [0, 0.05) is 12.0 Å². The normalized spacial score (nSPS) is 50.7. The van der Waals surface area contributed by atoms with Crippen LogP contribution in [-0.2, 0) is 28.6 Å². The van der Waals surface area contributed by atoms with Gasteiger partial charge in [-0.05, 0) is 84.1 Å². The highest BCUT2D eigenvalue weighted by atomic mass is 16.6. The third-order valence-corrected chi connectivity index (χ3v) is 12.1. The van der Waals surface area contributed by atoms with Crippen LogP contribution < -0.4 is 0 Å². The average molecular weight is 531 g/mol. The first-order valence-corrected chi connectivity index (χ1v) is 13.7. The van der Waals surface area contributed by atoms with Crippen molar-refractivity contribution in [2.75, 3.05) is 6.61 Å². The molecule has 0 aromatic rings. The van der Waals surface area contributed by atoms with E-state index in [0.717, 1.165) is 5.57 Å². The minimum atomic E-state index is -1.96. The zero-order valence-electron chi connectivity index (χ0n) is 22.5. The fourth-order valence-corrected chi connectivity index (χ4v) is 9.59. The van der Waals surface area contributed by atoms with E-state index in [9.17, 15) is 29.7 Å². The van der Waals surface area contributed by atoms with E-state index in [2.05, 4.69) is 0 Å². The summed E-state index contributed by atoms with van der Waals surface area (Å²) in [5.74, 6) is -1.19. The van der Waals surface area contributed by atoms with Gasteiger partial charge in [0.25, 0.3) is 6.47 Å². The molecule has 1 spiro atoms. The van der Waals surface area contributed by atoms with Crippen LogP contribution in [0.15, 0.2) is 23.3 Å². The molecule has 1 unspecified atom stereocenters. The SMILES string of the molecule is CC1=C(C)C(=O)OC([C@](C)(O)[C@]2(O)CC[C@@]3(O)[C@@H]4C[C@H]5O[C@]56CC=CC(=O)[C@]6(C)[C@H]4CC[C@]23COC=O)C1. The number of rotatable bonds is 5. The van der Waals surface area contributed by atoms with Gasteiger partial charge in [0.2, 0.25) is 0 Å². The summed E-state index contributed by atoms with van der Waals surface area (Å²) in [7, 11) is 0. The van der Waals surface area contributed by atoms with Gasteiger partial charge in [0.15, 0.2) is 5.78 Å². The van der Waals surface area contributed by atoms with Crippen molar-refractivity contribution in [3.63, 3.8) is 0 Å². The van der Waals surface area contributed by atoms with Gasteiger partial charge in [-0.2, -0.15) is 0 Å². The number of esters is 1. The average Bonchev–Trinajstić information content (AvgIpc) is 3.53. The van der Waals surface area contributed by atoms with E-state index in [0.29, 0.717) is 24.8 Å². The molecule has 38 heavy (non-hydrogen) atoms. The number of fused-ring (bicyclic) bond motifs is 4. The molecule has 1 saturated heterocycles. The first-order chi connectivity index (χ1) is 17.8. The van der Waals surface area contributed by atoms with E-state index in [1.807, 2.05) is 13.0 Å². The van der Waals surface area contributed by atoms with E-state index >= 15 is 0 Å². The molecule has 3 N–H and O–H groups in total. The molecule has 10 atom stereocenters. The van der Waals surface area contributed by atoms with Crippen molar-refractivity contribution in [3.8, 4) is 0 Å². The maximum absolute atomic E-state index is 13.4. The highest BCUT2D eigenvalue weighted by Crippen LogP contribution is 2.75. The summed E-state index contributed by atoms with van der Waals surface area (Å²) >= 11 is 0. The zero-order chi connectivity index (χ0) is 27.5. The Hall–Kier alpha value is -2.07. The molecule has 4 aliphatic carbocycles. The third-order valence-electron chi connectivity index (χ3n) is 12.1. The van der Waals surface area contributed by atoms with Crippen LogP contribution >= 0.6 is 0 Å². The first-order valence-electron chi connectivity index (χ1n) is 13.7. The van der Waals surface area contributed by atoms with Crippen LogP contribution in [0, 0.1) is 22.7 Å². The predicted molar refractivity (Wildman–Crippen MR) is 132 cm³/mol. The number of hydrogen-bond acceptors (Lipinski definition) is 9.